The molecule has 3 rings (SSSR count). The molecule has 1 N–H and O–H groups in total. The highest BCUT2D eigenvalue weighted by Gasteiger charge is 2.12. The molecule has 3 nitrogen and oxygen atoms in total. The number of anilines is 2. The van der Waals surface area contributed by atoms with Gasteiger partial charge in [0.05, 0.1) is 5.02 Å². The van der Waals surface area contributed by atoms with Crippen LogP contribution >= 0.6 is 27.5 Å². The number of halogens is 2. The summed E-state index contributed by atoms with van der Waals surface area (Å²) in [5.41, 5.74) is 2.51. The van der Waals surface area contributed by atoms with Gasteiger partial charge in [0.2, 0.25) is 0 Å². The summed E-state index contributed by atoms with van der Waals surface area (Å²) < 4.78 is 0.808. The second-order valence-electron chi connectivity index (χ2n) is 5.68. The van der Waals surface area contributed by atoms with Gasteiger partial charge < -0.3 is 10.2 Å². The van der Waals surface area contributed by atoms with E-state index in [2.05, 4.69) is 26.1 Å². The minimum Gasteiger partial charge on any atom is -0.372 e. The van der Waals surface area contributed by atoms with Crippen LogP contribution in [0.5, 0.6) is 0 Å². The molecule has 5 heteroatoms. The number of carbonyl (C=O) groups is 1. The molecule has 1 aliphatic heterocycles. The molecule has 0 aromatic heterocycles. The highest BCUT2D eigenvalue weighted by molar-refractivity contribution is 9.10. The van der Waals surface area contributed by atoms with Crippen LogP contribution < -0.4 is 10.2 Å². The Morgan fingerprint density at radius 2 is 1.74 bits per heavy atom. The third-order valence-corrected chi connectivity index (χ3v) is 5.26. The van der Waals surface area contributed by atoms with E-state index in [0.29, 0.717) is 16.3 Å². The lowest BCUT2D eigenvalue weighted by atomic mass is 10.1. The monoisotopic (exact) mass is 392 g/mol. The van der Waals surface area contributed by atoms with E-state index in [4.69, 9.17) is 11.6 Å². The first kappa shape index (κ1) is 16.3. The van der Waals surface area contributed by atoms with Gasteiger partial charge in [-0.2, -0.15) is 0 Å². The molecule has 0 aliphatic carbocycles. The van der Waals surface area contributed by atoms with Crippen molar-refractivity contribution in [2.24, 2.45) is 0 Å². The molecule has 1 saturated heterocycles. The summed E-state index contributed by atoms with van der Waals surface area (Å²) >= 11 is 9.38. The average molecular weight is 394 g/mol. The molecule has 2 aromatic carbocycles. The van der Waals surface area contributed by atoms with Crippen molar-refractivity contribution in [1.29, 1.82) is 0 Å². The lowest BCUT2D eigenvalue weighted by Crippen LogP contribution is -2.29. The van der Waals surface area contributed by atoms with Crippen LogP contribution in [-0.4, -0.2) is 19.0 Å². The quantitative estimate of drug-likeness (QED) is 0.763. The van der Waals surface area contributed by atoms with Gasteiger partial charge in [0.1, 0.15) is 0 Å². The fraction of sp³-hybridized carbons (Fsp3) is 0.278. The van der Waals surface area contributed by atoms with E-state index in [1.54, 1.807) is 6.07 Å². The van der Waals surface area contributed by atoms with Gasteiger partial charge >= 0.3 is 0 Å². The standard InChI is InChI=1S/C18H18BrClN2O/c19-16-9-6-14(12-17(16)20)21-18(23)13-4-7-15(8-5-13)22-10-2-1-3-11-22/h4-9,12H,1-3,10-11H2,(H,21,23). The van der Waals surface area contributed by atoms with Crippen LogP contribution in [0.4, 0.5) is 11.4 Å². The zero-order valence-corrected chi connectivity index (χ0v) is 15.0. The second kappa shape index (κ2) is 7.37. The Bertz CT molecular complexity index is 697. The first-order chi connectivity index (χ1) is 11.1. The molecule has 1 aliphatic rings. The summed E-state index contributed by atoms with van der Waals surface area (Å²) in [6.07, 6.45) is 3.80. The normalized spacial score (nSPS) is 14.6. The van der Waals surface area contributed by atoms with Crippen LogP contribution in [0.2, 0.25) is 5.02 Å². The molecule has 120 valence electrons. The number of carbonyl (C=O) groups excluding carboxylic acids is 1. The van der Waals surface area contributed by atoms with Crippen molar-refractivity contribution in [3.8, 4) is 0 Å². The first-order valence-electron chi connectivity index (χ1n) is 7.75. The number of nitrogens with zero attached hydrogens (tertiary/aromatic N) is 1. The zero-order chi connectivity index (χ0) is 16.2. The van der Waals surface area contributed by atoms with Gasteiger partial charge in [-0.3, -0.25) is 4.79 Å². The van der Waals surface area contributed by atoms with Crippen molar-refractivity contribution in [2.45, 2.75) is 19.3 Å². The molecule has 0 saturated carbocycles. The van der Waals surface area contributed by atoms with Gasteiger partial charge in [-0.25, -0.2) is 0 Å². The number of benzene rings is 2. The third kappa shape index (κ3) is 4.06. The van der Waals surface area contributed by atoms with Crippen molar-refractivity contribution < 1.29 is 4.79 Å². The topological polar surface area (TPSA) is 32.3 Å². The van der Waals surface area contributed by atoms with Gasteiger partial charge in [0.25, 0.3) is 5.91 Å². The largest absolute Gasteiger partial charge is 0.372 e. The van der Waals surface area contributed by atoms with Crippen LogP contribution in [-0.2, 0) is 0 Å². The number of rotatable bonds is 3. The molecular formula is C18H18BrClN2O. The molecule has 0 radical (unpaired) electrons. The van der Waals surface area contributed by atoms with E-state index in [1.165, 1.54) is 24.9 Å². The summed E-state index contributed by atoms with van der Waals surface area (Å²) in [7, 11) is 0. The van der Waals surface area contributed by atoms with Gasteiger partial charge in [-0.05, 0) is 77.7 Å². The number of hydrogen-bond acceptors (Lipinski definition) is 2. The summed E-state index contributed by atoms with van der Waals surface area (Å²) in [5, 5.41) is 3.44. The van der Waals surface area contributed by atoms with Crippen molar-refractivity contribution in [3.63, 3.8) is 0 Å². The maximum Gasteiger partial charge on any atom is 0.255 e. The Morgan fingerprint density at radius 1 is 1.04 bits per heavy atom. The van der Waals surface area contributed by atoms with Crippen LogP contribution in [0.1, 0.15) is 29.6 Å². The Morgan fingerprint density at radius 3 is 2.39 bits per heavy atom. The summed E-state index contributed by atoms with van der Waals surface area (Å²) in [6, 6.07) is 13.2. The summed E-state index contributed by atoms with van der Waals surface area (Å²) in [6.45, 7) is 2.20. The van der Waals surface area contributed by atoms with E-state index < -0.39 is 0 Å². The maximum atomic E-state index is 12.3. The van der Waals surface area contributed by atoms with E-state index >= 15 is 0 Å². The molecule has 0 spiro atoms. The molecule has 1 fully saturated rings. The van der Waals surface area contributed by atoms with Crippen molar-refractivity contribution >= 4 is 44.8 Å². The minimum atomic E-state index is -0.131. The van der Waals surface area contributed by atoms with Crippen LogP contribution in [0.3, 0.4) is 0 Å². The molecular weight excluding hydrogens is 376 g/mol. The SMILES string of the molecule is O=C(Nc1ccc(Br)c(Cl)c1)c1ccc(N2CCCCC2)cc1. The van der Waals surface area contributed by atoms with Crippen LogP contribution in [0.25, 0.3) is 0 Å². The predicted molar refractivity (Wildman–Crippen MR) is 99.6 cm³/mol. The van der Waals surface area contributed by atoms with Crippen molar-refractivity contribution in [1.82, 2.24) is 0 Å². The van der Waals surface area contributed by atoms with Crippen LogP contribution in [0, 0.1) is 0 Å². The number of amides is 1. The predicted octanol–water partition coefficient (Wildman–Crippen LogP) is 5.35. The molecule has 1 amide bonds. The summed E-state index contributed by atoms with van der Waals surface area (Å²) in [5.74, 6) is -0.131. The number of hydrogen-bond donors (Lipinski definition) is 1. The van der Waals surface area contributed by atoms with Gasteiger partial charge in [-0.15, -0.1) is 0 Å². The molecule has 2 aromatic rings. The second-order valence-corrected chi connectivity index (χ2v) is 6.94. The van der Waals surface area contributed by atoms with Crippen molar-refractivity contribution in [3.05, 3.63) is 57.5 Å². The third-order valence-electron chi connectivity index (χ3n) is 4.03. The molecule has 23 heavy (non-hydrogen) atoms. The highest BCUT2D eigenvalue weighted by atomic mass is 79.9. The highest BCUT2D eigenvalue weighted by Crippen LogP contribution is 2.26. The van der Waals surface area contributed by atoms with E-state index in [1.807, 2.05) is 36.4 Å². The molecule has 0 bridgehead atoms. The molecule has 0 atom stereocenters. The fourth-order valence-corrected chi connectivity index (χ4v) is 3.18. The van der Waals surface area contributed by atoms with Gasteiger partial charge in [0, 0.05) is 34.5 Å². The lowest BCUT2D eigenvalue weighted by Gasteiger charge is -2.28. The van der Waals surface area contributed by atoms with Gasteiger partial charge in [0.15, 0.2) is 0 Å². The number of nitrogens with one attached hydrogen (secondary N) is 1. The fourth-order valence-electron chi connectivity index (χ4n) is 2.75. The van der Waals surface area contributed by atoms with Crippen molar-refractivity contribution in [2.75, 3.05) is 23.3 Å². The Kier molecular flexibility index (Phi) is 5.23. The molecule has 0 unspecified atom stereocenters. The molecule has 1 heterocycles. The number of piperidine rings is 1. The van der Waals surface area contributed by atoms with E-state index in [9.17, 15) is 4.79 Å². The first-order valence-corrected chi connectivity index (χ1v) is 8.92. The lowest BCUT2D eigenvalue weighted by molar-refractivity contribution is 0.102. The average Bonchev–Trinajstić information content (AvgIpc) is 2.59. The Labute approximate surface area is 149 Å². The van der Waals surface area contributed by atoms with Gasteiger partial charge in [-0.1, -0.05) is 11.6 Å². The Balaban J connectivity index is 1.68. The van der Waals surface area contributed by atoms with Crippen LogP contribution in [0.15, 0.2) is 46.9 Å². The Hall–Kier alpha value is -1.52. The smallest absolute Gasteiger partial charge is 0.255 e. The van der Waals surface area contributed by atoms with E-state index in [-0.39, 0.29) is 5.91 Å². The minimum absolute atomic E-state index is 0.131. The van der Waals surface area contributed by atoms with E-state index in [0.717, 1.165) is 17.6 Å². The maximum absolute atomic E-state index is 12.3. The zero-order valence-electron chi connectivity index (χ0n) is 12.7. The summed E-state index contributed by atoms with van der Waals surface area (Å²) in [4.78, 5) is 14.7.